The third kappa shape index (κ3) is 7.84. The predicted molar refractivity (Wildman–Crippen MR) is 79.5 cm³/mol. The molecule has 0 aromatic heterocycles. The van der Waals surface area contributed by atoms with Crippen molar-refractivity contribution in [3.8, 4) is 0 Å². The largest absolute Gasteiger partial charge is 0.381 e. The van der Waals surface area contributed by atoms with E-state index >= 15 is 0 Å². The quantitative estimate of drug-likeness (QED) is 0.622. The van der Waals surface area contributed by atoms with Crippen LogP contribution in [-0.4, -0.2) is 68.0 Å². The van der Waals surface area contributed by atoms with Crippen LogP contribution in [0.3, 0.4) is 0 Å². The first-order valence-electron chi connectivity index (χ1n) is 6.84. The zero-order chi connectivity index (χ0) is 17.0. The molecular formula is C12H24O8S2. The van der Waals surface area contributed by atoms with E-state index in [0.717, 1.165) is 12.5 Å². The third-order valence-electron chi connectivity index (χ3n) is 3.39. The van der Waals surface area contributed by atoms with Crippen molar-refractivity contribution in [1.29, 1.82) is 0 Å². The Hall–Kier alpha value is -0.260. The molecule has 0 saturated heterocycles. The van der Waals surface area contributed by atoms with Gasteiger partial charge in [0.15, 0.2) is 0 Å². The van der Waals surface area contributed by atoms with E-state index in [2.05, 4.69) is 0 Å². The molecule has 0 aromatic carbocycles. The normalized spacial score (nSPS) is 31.5. The molecule has 0 aliphatic heterocycles. The summed E-state index contributed by atoms with van der Waals surface area (Å²) in [5.41, 5.74) is 0. The van der Waals surface area contributed by atoms with Gasteiger partial charge in [-0.05, 0) is 0 Å². The molecule has 0 amide bonds. The SMILES string of the molecule is COC1CC(OS(C)(=O)=O)C1.COC1CC(OS(C)(=O)=O)C1. The topological polar surface area (TPSA) is 105 Å². The first-order valence-corrected chi connectivity index (χ1v) is 10.5. The average molecular weight is 360 g/mol. The van der Waals surface area contributed by atoms with Crippen molar-refractivity contribution in [2.75, 3.05) is 26.7 Å². The van der Waals surface area contributed by atoms with Gasteiger partial charge >= 0.3 is 0 Å². The van der Waals surface area contributed by atoms with Gasteiger partial charge in [0, 0.05) is 39.9 Å². The molecule has 8 nitrogen and oxygen atoms in total. The fourth-order valence-corrected chi connectivity index (χ4v) is 3.37. The number of methoxy groups -OCH3 is 2. The molecule has 0 radical (unpaired) electrons. The van der Waals surface area contributed by atoms with Gasteiger partial charge in [0.1, 0.15) is 0 Å². The lowest BCUT2D eigenvalue weighted by Crippen LogP contribution is -2.37. The Morgan fingerprint density at radius 1 is 0.636 bits per heavy atom. The maximum absolute atomic E-state index is 10.6. The van der Waals surface area contributed by atoms with E-state index in [-0.39, 0.29) is 24.4 Å². The Bertz CT molecular complexity index is 479. The fraction of sp³-hybridized carbons (Fsp3) is 1.00. The maximum Gasteiger partial charge on any atom is 0.264 e. The minimum atomic E-state index is -3.27. The van der Waals surface area contributed by atoms with Crippen LogP contribution in [0.2, 0.25) is 0 Å². The van der Waals surface area contributed by atoms with Crippen LogP contribution in [0, 0.1) is 0 Å². The van der Waals surface area contributed by atoms with Gasteiger partial charge in [0.05, 0.1) is 36.9 Å². The van der Waals surface area contributed by atoms with Crippen LogP contribution >= 0.6 is 0 Å². The summed E-state index contributed by atoms with van der Waals surface area (Å²) < 4.78 is 61.6. The van der Waals surface area contributed by atoms with Crippen LogP contribution in [0.5, 0.6) is 0 Å². The second kappa shape index (κ2) is 8.02. The second-order valence-electron chi connectivity index (χ2n) is 5.50. The van der Waals surface area contributed by atoms with Crippen LogP contribution in [0.4, 0.5) is 0 Å². The van der Waals surface area contributed by atoms with Gasteiger partial charge in [-0.15, -0.1) is 0 Å². The predicted octanol–water partition coefficient (Wildman–Crippen LogP) is 0.280. The second-order valence-corrected chi connectivity index (χ2v) is 8.70. The molecule has 2 aliphatic rings. The van der Waals surface area contributed by atoms with Crippen molar-refractivity contribution in [3.63, 3.8) is 0 Å². The van der Waals surface area contributed by atoms with Crippen LogP contribution in [0.25, 0.3) is 0 Å². The first-order chi connectivity index (χ1) is 10.0. The van der Waals surface area contributed by atoms with Gasteiger partial charge in [-0.1, -0.05) is 0 Å². The van der Waals surface area contributed by atoms with Gasteiger partial charge < -0.3 is 9.47 Å². The van der Waals surface area contributed by atoms with Crippen molar-refractivity contribution in [3.05, 3.63) is 0 Å². The highest BCUT2D eigenvalue weighted by atomic mass is 32.2. The Morgan fingerprint density at radius 2 is 0.909 bits per heavy atom. The van der Waals surface area contributed by atoms with Gasteiger partial charge in [-0.3, -0.25) is 8.37 Å². The van der Waals surface area contributed by atoms with Gasteiger partial charge in [0.2, 0.25) is 0 Å². The summed E-state index contributed by atoms with van der Waals surface area (Å²) in [6.45, 7) is 0. The summed E-state index contributed by atoms with van der Waals surface area (Å²) in [5.74, 6) is 0. The molecule has 132 valence electrons. The van der Waals surface area contributed by atoms with E-state index in [1.165, 1.54) is 0 Å². The number of hydrogen-bond donors (Lipinski definition) is 0. The van der Waals surface area contributed by atoms with Gasteiger partial charge in [-0.2, -0.15) is 16.8 Å². The number of rotatable bonds is 6. The summed E-state index contributed by atoms with van der Waals surface area (Å²) in [5, 5.41) is 0. The summed E-state index contributed by atoms with van der Waals surface area (Å²) in [7, 11) is -3.32. The van der Waals surface area contributed by atoms with Crippen molar-refractivity contribution in [1.82, 2.24) is 0 Å². The van der Waals surface area contributed by atoms with E-state index < -0.39 is 20.2 Å². The lowest BCUT2D eigenvalue weighted by atomic mass is 9.92. The van der Waals surface area contributed by atoms with E-state index in [9.17, 15) is 16.8 Å². The molecule has 10 heteroatoms. The Morgan fingerprint density at radius 3 is 1.09 bits per heavy atom. The molecule has 0 N–H and O–H groups in total. The van der Waals surface area contributed by atoms with Crippen LogP contribution in [0.1, 0.15) is 25.7 Å². The van der Waals surface area contributed by atoms with Gasteiger partial charge in [-0.25, -0.2) is 0 Å². The monoisotopic (exact) mass is 360 g/mol. The first kappa shape index (κ1) is 19.8. The molecule has 0 heterocycles. The Kier molecular flexibility index (Phi) is 7.21. The molecule has 2 rings (SSSR count). The zero-order valence-electron chi connectivity index (χ0n) is 13.2. The number of ether oxygens (including phenoxy) is 2. The van der Waals surface area contributed by atoms with E-state index in [0.29, 0.717) is 25.7 Å². The molecular weight excluding hydrogens is 336 g/mol. The number of hydrogen-bond acceptors (Lipinski definition) is 8. The molecule has 0 unspecified atom stereocenters. The van der Waals surface area contributed by atoms with Crippen molar-refractivity contribution in [2.24, 2.45) is 0 Å². The Labute approximate surface area is 132 Å². The van der Waals surface area contributed by atoms with Gasteiger partial charge in [0.25, 0.3) is 20.2 Å². The lowest BCUT2D eigenvalue weighted by molar-refractivity contribution is -0.0355. The highest BCUT2D eigenvalue weighted by Gasteiger charge is 2.33. The van der Waals surface area contributed by atoms with Crippen LogP contribution in [-0.2, 0) is 38.1 Å². The molecule has 2 saturated carbocycles. The van der Waals surface area contributed by atoms with Crippen molar-refractivity contribution >= 4 is 20.2 Å². The zero-order valence-corrected chi connectivity index (χ0v) is 14.9. The molecule has 0 atom stereocenters. The standard InChI is InChI=1S/2C6H12O4S/c2*1-9-5-3-6(4-5)10-11(2,7)8/h2*5-6H,3-4H2,1-2H3. The van der Waals surface area contributed by atoms with Crippen LogP contribution < -0.4 is 0 Å². The molecule has 0 spiro atoms. The summed E-state index contributed by atoms with van der Waals surface area (Å²) >= 11 is 0. The minimum Gasteiger partial charge on any atom is -0.381 e. The Balaban J connectivity index is 0.000000220. The summed E-state index contributed by atoms with van der Waals surface area (Å²) in [6.07, 6.45) is 4.91. The van der Waals surface area contributed by atoms with E-state index in [1.807, 2.05) is 0 Å². The molecule has 2 aliphatic carbocycles. The van der Waals surface area contributed by atoms with Crippen LogP contribution in [0.15, 0.2) is 0 Å². The highest BCUT2D eigenvalue weighted by molar-refractivity contribution is 7.86. The fourth-order valence-electron chi connectivity index (χ4n) is 2.07. The summed E-state index contributed by atoms with van der Waals surface area (Å²) in [6, 6.07) is 0. The highest BCUT2D eigenvalue weighted by Crippen LogP contribution is 2.27. The van der Waals surface area contributed by atoms with E-state index in [1.54, 1.807) is 14.2 Å². The minimum absolute atomic E-state index is 0.157. The molecule has 2 fully saturated rings. The summed E-state index contributed by atoms with van der Waals surface area (Å²) in [4.78, 5) is 0. The van der Waals surface area contributed by atoms with Crippen molar-refractivity contribution < 1.29 is 34.7 Å². The smallest absolute Gasteiger partial charge is 0.264 e. The van der Waals surface area contributed by atoms with Crippen molar-refractivity contribution in [2.45, 2.75) is 50.1 Å². The van der Waals surface area contributed by atoms with E-state index in [4.69, 9.17) is 17.8 Å². The molecule has 22 heavy (non-hydrogen) atoms. The molecule has 0 bridgehead atoms. The maximum atomic E-state index is 10.6. The third-order valence-corrected chi connectivity index (χ3v) is 4.64. The lowest BCUT2D eigenvalue weighted by Gasteiger charge is -2.32. The molecule has 0 aromatic rings. The average Bonchev–Trinajstić information content (AvgIpc) is 2.25.